The molecule has 0 unspecified atom stereocenters. The van der Waals surface area contributed by atoms with Gasteiger partial charge in [-0.15, -0.1) is 0 Å². The Hall–Kier alpha value is -1.52. The minimum atomic E-state index is 0.417. The molecule has 0 bridgehead atoms. The summed E-state index contributed by atoms with van der Waals surface area (Å²) in [6.45, 7) is 1.33. The summed E-state index contributed by atoms with van der Waals surface area (Å²) in [7, 11) is 0. The molecule has 0 atom stereocenters. The summed E-state index contributed by atoms with van der Waals surface area (Å²) >= 11 is 0. The third-order valence-corrected chi connectivity index (χ3v) is 2.12. The third-order valence-electron chi connectivity index (χ3n) is 2.12. The monoisotopic (exact) mass is 207 g/mol. The van der Waals surface area contributed by atoms with Gasteiger partial charge in [0.1, 0.15) is 24.7 Å². The number of rotatable bonds is 5. The number of nitrogens with two attached hydrogens (primary N) is 1. The van der Waals surface area contributed by atoms with E-state index >= 15 is 0 Å². The predicted molar refractivity (Wildman–Crippen MR) is 53.8 cm³/mol. The molecule has 0 aliphatic rings. The molecule has 0 aromatic carbocycles. The first-order valence-electron chi connectivity index (χ1n) is 4.75. The van der Waals surface area contributed by atoms with Gasteiger partial charge in [0.2, 0.25) is 0 Å². The van der Waals surface area contributed by atoms with Gasteiger partial charge in [-0.3, -0.25) is 0 Å². The molecule has 80 valence electrons. The van der Waals surface area contributed by atoms with Crippen LogP contribution in [0.1, 0.15) is 17.1 Å². The molecule has 2 N–H and O–H groups in total. The van der Waals surface area contributed by atoms with E-state index in [0.29, 0.717) is 19.8 Å². The lowest BCUT2D eigenvalue weighted by molar-refractivity contribution is 0.0797. The predicted octanol–water partition coefficient (Wildman–Crippen LogP) is 2.05. The van der Waals surface area contributed by atoms with E-state index in [9.17, 15) is 0 Å². The molecule has 4 nitrogen and oxygen atoms in total. The molecular formula is C11H13NO3. The van der Waals surface area contributed by atoms with Crippen LogP contribution in [0, 0.1) is 0 Å². The van der Waals surface area contributed by atoms with Crippen molar-refractivity contribution in [3.05, 3.63) is 47.8 Å². The first-order chi connectivity index (χ1) is 7.40. The van der Waals surface area contributed by atoms with Gasteiger partial charge < -0.3 is 19.3 Å². The SMILES string of the molecule is NCc1ccoc1COCc1ccco1. The number of hydrogen-bond donors (Lipinski definition) is 1. The Morgan fingerprint density at radius 3 is 2.80 bits per heavy atom. The fraction of sp³-hybridized carbons (Fsp3) is 0.273. The van der Waals surface area contributed by atoms with Crippen molar-refractivity contribution in [2.24, 2.45) is 5.73 Å². The van der Waals surface area contributed by atoms with Crippen LogP contribution in [0.3, 0.4) is 0 Å². The van der Waals surface area contributed by atoms with E-state index < -0.39 is 0 Å². The standard InChI is InChI=1S/C11H13NO3/c12-6-9-3-5-15-11(9)8-13-7-10-2-1-4-14-10/h1-5H,6-8,12H2. The first-order valence-corrected chi connectivity index (χ1v) is 4.75. The Morgan fingerprint density at radius 2 is 2.07 bits per heavy atom. The fourth-order valence-electron chi connectivity index (χ4n) is 1.31. The van der Waals surface area contributed by atoms with Crippen molar-refractivity contribution < 1.29 is 13.6 Å². The van der Waals surface area contributed by atoms with Crippen molar-refractivity contribution >= 4 is 0 Å². The first kappa shape index (κ1) is 10.0. The molecule has 0 spiro atoms. The van der Waals surface area contributed by atoms with Crippen LogP contribution in [0.15, 0.2) is 39.6 Å². The van der Waals surface area contributed by atoms with Crippen LogP contribution in [-0.2, 0) is 24.5 Å². The highest BCUT2D eigenvalue weighted by Crippen LogP contribution is 2.12. The van der Waals surface area contributed by atoms with Gasteiger partial charge in [-0.1, -0.05) is 0 Å². The molecular weight excluding hydrogens is 194 g/mol. The maximum atomic E-state index is 5.53. The quantitative estimate of drug-likeness (QED) is 0.815. The van der Waals surface area contributed by atoms with Crippen LogP contribution in [0.25, 0.3) is 0 Å². The van der Waals surface area contributed by atoms with Gasteiger partial charge in [0.15, 0.2) is 0 Å². The zero-order valence-electron chi connectivity index (χ0n) is 8.31. The van der Waals surface area contributed by atoms with E-state index in [1.165, 1.54) is 0 Å². The molecule has 0 radical (unpaired) electrons. The smallest absolute Gasteiger partial charge is 0.133 e. The Labute approximate surface area is 87.6 Å². The zero-order valence-corrected chi connectivity index (χ0v) is 8.31. The van der Waals surface area contributed by atoms with E-state index in [2.05, 4.69) is 0 Å². The highest BCUT2D eigenvalue weighted by atomic mass is 16.5. The second-order valence-electron chi connectivity index (χ2n) is 3.15. The van der Waals surface area contributed by atoms with Crippen molar-refractivity contribution in [3.63, 3.8) is 0 Å². The summed E-state index contributed by atoms with van der Waals surface area (Å²) in [5, 5.41) is 0. The third kappa shape index (κ3) is 2.49. The summed E-state index contributed by atoms with van der Waals surface area (Å²) in [6, 6.07) is 5.55. The van der Waals surface area contributed by atoms with Crippen LogP contribution < -0.4 is 5.73 Å². The molecule has 2 aromatic rings. The van der Waals surface area contributed by atoms with Gasteiger partial charge in [0.25, 0.3) is 0 Å². The van der Waals surface area contributed by atoms with E-state index in [4.69, 9.17) is 19.3 Å². The molecule has 0 saturated carbocycles. The molecule has 4 heteroatoms. The molecule has 0 fully saturated rings. The highest BCUT2D eigenvalue weighted by Gasteiger charge is 2.05. The van der Waals surface area contributed by atoms with Gasteiger partial charge in [0.05, 0.1) is 12.5 Å². The van der Waals surface area contributed by atoms with Gasteiger partial charge in [0, 0.05) is 12.1 Å². The van der Waals surface area contributed by atoms with Crippen molar-refractivity contribution in [1.82, 2.24) is 0 Å². The van der Waals surface area contributed by atoms with Crippen LogP contribution in [0.5, 0.6) is 0 Å². The zero-order chi connectivity index (χ0) is 10.5. The van der Waals surface area contributed by atoms with E-state index in [-0.39, 0.29) is 0 Å². The minimum absolute atomic E-state index is 0.417. The summed E-state index contributed by atoms with van der Waals surface area (Å²) < 4.78 is 15.8. The van der Waals surface area contributed by atoms with Crippen molar-refractivity contribution in [1.29, 1.82) is 0 Å². The molecule has 0 amide bonds. The van der Waals surface area contributed by atoms with Crippen LogP contribution in [0.4, 0.5) is 0 Å². The molecule has 0 aliphatic heterocycles. The number of ether oxygens (including phenoxy) is 1. The molecule has 0 aliphatic carbocycles. The Balaban J connectivity index is 1.83. The van der Waals surface area contributed by atoms with Crippen LogP contribution >= 0.6 is 0 Å². The Morgan fingerprint density at radius 1 is 1.13 bits per heavy atom. The van der Waals surface area contributed by atoms with E-state index in [0.717, 1.165) is 17.1 Å². The van der Waals surface area contributed by atoms with E-state index in [1.54, 1.807) is 12.5 Å². The molecule has 2 heterocycles. The lowest BCUT2D eigenvalue weighted by Crippen LogP contribution is -2.00. The van der Waals surface area contributed by atoms with Crippen LogP contribution in [-0.4, -0.2) is 0 Å². The summed E-state index contributed by atoms with van der Waals surface area (Å²) in [5.41, 5.74) is 6.51. The normalized spacial score (nSPS) is 10.7. The second-order valence-corrected chi connectivity index (χ2v) is 3.15. The molecule has 2 aromatic heterocycles. The van der Waals surface area contributed by atoms with Gasteiger partial charge >= 0.3 is 0 Å². The average molecular weight is 207 g/mol. The fourth-order valence-corrected chi connectivity index (χ4v) is 1.31. The van der Waals surface area contributed by atoms with Gasteiger partial charge in [-0.2, -0.15) is 0 Å². The lowest BCUT2D eigenvalue weighted by atomic mass is 10.2. The van der Waals surface area contributed by atoms with Crippen molar-refractivity contribution in [2.75, 3.05) is 0 Å². The number of furan rings is 2. The van der Waals surface area contributed by atoms with Gasteiger partial charge in [-0.25, -0.2) is 0 Å². The van der Waals surface area contributed by atoms with Crippen molar-refractivity contribution in [3.8, 4) is 0 Å². The second kappa shape index (κ2) is 4.82. The summed E-state index contributed by atoms with van der Waals surface area (Å²) in [6.07, 6.45) is 3.24. The Bertz CT molecular complexity index is 392. The minimum Gasteiger partial charge on any atom is -0.467 e. The highest BCUT2D eigenvalue weighted by molar-refractivity contribution is 5.15. The summed E-state index contributed by atoms with van der Waals surface area (Å²) in [4.78, 5) is 0. The molecule has 2 rings (SSSR count). The topological polar surface area (TPSA) is 61.5 Å². The number of hydrogen-bond acceptors (Lipinski definition) is 4. The van der Waals surface area contributed by atoms with Gasteiger partial charge in [-0.05, 0) is 18.2 Å². The van der Waals surface area contributed by atoms with Crippen molar-refractivity contribution in [2.45, 2.75) is 19.8 Å². The molecule has 15 heavy (non-hydrogen) atoms. The maximum absolute atomic E-state index is 5.53. The lowest BCUT2D eigenvalue weighted by Gasteiger charge is -2.01. The largest absolute Gasteiger partial charge is 0.467 e. The van der Waals surface area contributed by atoms with Crippen LogP contribution in [0.2, 0.25) is 0 Å². The maximum Gasteiger partial charge on any atom is 0.133 e. The molecule has 0 saturated heterocycles. The average Bonchev–Trinajstić information content (AvgIpc) is 2.88. The Kier molecular flexibility index (Phi) is 3.22. The van der Waals surface area contributed by atoms with E-state index in [1.807, 2.05) is 18.2 Å². The summed E-state index contributed by atoms with van der Waals surface area (Å²) in [5.74, 6) is 1.58.